The molecule has 0 aliphatic heterocycles. The molecule has 0 saturated heterocycles. The van der Waals surface area contributed by atoms with Gasteiger partial charge in [-0.2, -0.15) is 0 Å². The molecule has 1 rings (SSSR count). The molecule has 1 N–H and O–H groups in total. The first kappa shape index (κ1) is 16.5. The number of carbonyl (C=O) groups excluding carboxylic acids is 1. The van der Waals surface area contributed by atoms with Crippen molar-refractivity contribution >= 4 is 17.6 Å². The molecule has 0 heterocycles. The Balaban J connectivity index is 3.21. The number of benzene rings is 1. The Bertz CT molecular complexity index is 574. The molecule has 1 aromatic rings. The van der Waals surface area contributed by atoms with Crippen molar-refractivity contribution in [3.05, 3.63) is 39.7 Å². The molecule has 0 unspecified atom stereocenters. The summed E-state index contributed by atoms with van der Waals surface area (Å²) in [5.41, 5.74) is -1.01. The smallest absolute Gasteiger partial charge is 0.323 e. The van der Waals surface area contributed by atoms with Gasteiger partial charge in [-0.1, -0.05) is 13.8 Å². The molecule has 21 heavy (non-hydrogen) atoms. The predicted molar refractivity (Wildman–Crippen MR) is 71.4 cm³/mol. The van der Waals surface area contributed by atoms with Gasteiger partial charge in [0.25, 0.3) is 11.6 Å². The summed E-state index contributed by atoms with van der Waals surface area (Å²) in [6.07, 6.45) is 0. The van der Waals surface area contributed by atoms with E-state index in [1.807, 2.05) is 0 Å². The van der Waals surface area contributed by atoms with Crippen molar-refractivity contribution in [2.75, 3.05) is 13.1 Å². The Labute approximate surface area is 120 Å². The average Bonchev–Trinajstić information content (AvgIpc) is 2.35. The van der Waals surface area contributed by atoms with Gasteiger partial charge in [0.1, 0.15) is 17.9 Å². The second-order valence-corrected chi connectivity index (χ2v) is 4.89. The van der Waals surface area contributed by atoms with Gasteiger partial charge < -0.3 is 10.0 Å². The summed E-state index contributed by atoms with van der Waals surface area (Å²) in [4.78, 5) is 34.1. The third-order valence-electron chi connectivity index (χ3n) is 2.58. The topological polar surface area (TPSA) is 101 Å². The van der Waals surface area contributed by atoms with Crippen LogP contribution in [0.1, 0.15) is 24.2 Å². The van der Waals surface area contributed by atoms with Gasteiger partial charge in [-0.05, 0) is 18.1 Å². The number of aliphatic carboxylic acids is 1. The van der Waals surface area contributed by atoms with E-state index < -0.39 is 40.4 Å². The molecule has 0 atom stereocenters. The Morgan fingerprint density at radius 2 is 2.05 bits per heavy atom. The highest BCUT2D eigenvalue weighted by atomic mass is 19.1. The lowest BCUT2D eigenvalue weighted by Gasteiger charge is -2.22. The first-order valence-corrected chi connectivity index (χ1v) is 6.17. The number of carbonyl (C=O) groups is 2. The van der Waals surface area contributed by atoms with Crippen LogP contribution in [0.5, 0.6) is 0 Å². The zero-order chi connectivity index (χ0) is 16.2. The summed E-state index contributed by atoms with van der Waals surface area (Å²) in [6.45, 7) is 3.02. The number of rotatable bonds is 6. The monoisotopic (exact) mass is 298 g/mol. The van der Waals surface area contributed by atoms with Crippen LogP contribution >= 0.6 is 0 Å². The Hall–Kier alpha value is -2.51. The van der Waals surface area contributed by atoms with E-state index in [1.54, 1.807) is 13.8 Å². The van der Waals surface area contributed by atoms with Gasteiger partial charge in [-0.25, -0.2) is 4.39 Å². The molecule has 0 fully saturated rings. The maximum Gasteiger partial charge on any atom is 0.323 e. The lowest BCUT2D eigenvalue weighted by atomic mass is 10.1. The van der Waals surface area contributed by atoms with E-state index >= 15 is 0 Å². The average molecular weight is 298 g/mol. The molecule has 0 saturated carbocycles. The fourth-order valence-electron chi connectivity index (χ4n) is 1.83. The third-order valence-corrected chi connectivity index (χ3v) is 2.58. The molecule has 0 aliphatic rings. The van der Waals surface area contributed by atoms with Crippen LogP contribution in [0.25, 0.3) is 0 Å². The highest BCUT2D eigenvalue weighted by Crippen LogP contribution is 2.21. The van der Waals surface area contributed by atoms with Crippen LogP contribution in [0.15, 0.2) is 18.2 Å². The lowest BCUT2D eigenvalue weighted by molar-refractivity contribution is -0.385. The summed E-state index contributed by atoms with van der Waals surface area (Å²) in [5, 5.41) is 19.7. The van der Waals surface area contributed by atoms with E-state index in [0.29, 0.717) is 0 Å². The maximum atomic E-state index is 13.2. The minimum atomic E-state index is -1.25. The summed E-state index contributed by atoms with van der Waals surface area (Å²) < 4.78 is 13.2. The van der Waals surface area contributed by atoms with Gasteiger partial charge >= 0.3 is 5.97 Å². The number of halogens is 1. The Kier molecular flexibility index (Phi) is 5.34. The number of carboxylic acids is 1. The van der Waals surface area contributed by atoms with E-state index in [0.717, 1.165) is 23.1 Å². The van der Waals surface area contributed by atoms with Crippen molar-refractivity contribution in [3.8, 4) is 0 Å². The van der Waals surface area contributed by atoms with Gasteiger partial charge in [0.2, 0.25) is 0 Å². The third kappa shape index (κ3) is 4.51. The van der Waals surface area contributed by atoms with Gasteiger partial charge in [0, 0.05) is 12.6 Å². The molecule has 0 spiro atoms. The summed E-state index contributed by atoms with van der Waals surface area (Å²) in [5.74, 6) is -2.97. The van der Waals surface area contributed by atoms with E-state index in [-0.39, 0.29) is 12.5 Å². The SMILES string of the molecule is CC(C)CN(CC(=O)O)C(=O)c1cc(F)ccc1[N+](=O)[O-]. The van der Waals surface area contributed by atoms with Gasteiger partial charge in [-0.3, -0.25) is 19.7 Å². The van der Waals surface area contributed by atoms with Crippen molar-refractivity contribution in [1.82, 2.24) is 4.90 Å². The van der Waals surface area contributed by atoms with Crippen LogP contribution in [0, 0.1) is 21.8 Å². The minimum Gasteiger partial charge on any atom is -0.480 e. The minimum absolute atomic E-state index is 0.0408. The van der Waals surface area contributed by atoms with Crippen molar-refractivity contribution in [2.24, 2.45) is 5.92 Å². The Morgan fingerprint density at radius 1 is 1.43 bits per heavy atom. The molecule has 114 valence electrons. The van der Waals surface area contributed by atoms with E-state index in [2.05, 4.69) is 0 Å². The molecule has 7 nitrogen and oxygen atoms in total. The fourth-order valence-corrected chi connectivity index (χ4v) is 1.83. The molecular weight excluding hydrogens is 283 g/mol. The molecule has 1 amide bonds. The number of amides is 1. The summed E-state index contributed by atoms with van der Waals surface area (Å²) in [6, 6.07) is 2.51. The normalized spacial score (nSPS) is 10.5. The van der Waals surface area contributed by atoms with Crippen molar-refractivity contribution in [1.29, 1.82) is 0 Å². The van der Waals surface area contributed by atoms with E-state index in [4.69, 9.17) is 5.11 Å². The summed E-state index contributed by atoms with van der Waals surface area (Å²) >= 11 is 0. The van der Waals surface area contributed by atoms with Gasteiger partial charge in [0.15, 0.2) is 0 Å². The number of hydrogen-bond acceptors (Lipinski definition) is 4. The number of nitro benzene ring substituents is 1. The largest absolute Gasteiger partial charge is 0.480 e. The molecule has 1 aromatic carbocycles. The fraction of sp³-hybridized carbons (Fsp3) is 0.385. The predicted octanol–water partition coefficient (Wildman–Crippen LogP) is 1.92. The highest BCUT2D eigenvalue weighted by molar-refractivity contribution is 5.99. The van der Waals surface area contributed by atoms with E-state index in [9.17, 15) is 24.1 Å². The van der Waals surface area contributed by atoms with Crippen molar-refractivity contribution < 1.29 is 24.0 Å². The second kappa shape index (κ2) is 6.78. The van der Waals surface area contributed by atoms with Crippen LogP contribution in [0.2, 0.25) is 0 Å². The van der Waals surface area contributed by atoms with Crippen LogP contribution in [-0.2, 0) is 4.79 Å². The van der Waals surface area contributed by atoms with Crippen LogP contribution < -0.4 is 0 Å². The lowest BCUT2D eigenvalue weighted by Crippen LogP contribution is -2.38. The number of hydrogen-bond donors (Lipinski definition) is 1. The Morgan fingerprint density at radius 3 is 2.52 bits per heavy atom. The van der Waals surface area contributed by atoms with Crippen LogP contribution in [0.3, 0.4) is 0 Å². The van der Waals surface area contributed by atoms with E-state index in [1.165, 1.54) is 0 Å². The van der Waals surface area contributed by atoms with Gasteiger partial charge in [0.05, 0.1) is 4.92 Å². The standard InChI is InChI=1S/C13H15FN2O5/c1-8(2)6-15(7-12(17)18)13(19)10-5-9(14)3-4-11(10)16(20)21/h3-5,8H,6-7H2,1-2H3,(H,17,18). The molecular formula is C13H15FN2O5. The van der Waals surface area contributed by atoms with Crippen molar-refractivity contribution in [2.45, 2.75) is 13.8 Å². The second-order valence-electron chi connectivity index (χ2n) is 4.89. The first-order chi connectivity index (χ1) is 9.72. The van der Waals surface area contributed by atoms with Crippen molar-refractivity contribution in [3.63, 3.8) is 0 Å². The zero-order valence-corrected chi connectivity index (χ0v) is 11.6. The van der Waals surface area contributed by atoms with Crippen LogP contribution in [-0.4, -0.2) is 39.9 Å². The zero-order valence-electron chi connectivity index (χ0n) is 11.6. The first-order valence-electron chi connectivity index (χ1n) is 6.17. The van der Waals surface area contributed by atoms with Crippen LogP contribution in [0.4, 0.5) is 10.1 Å². The molecule has 0 radical (unpaired) electrons. The number of nitro groups is 1. The molecule has 0 bridgehead atoms. The molecule has 0 aromatic heterocycles. The maximum absolute atomic E-state index is 13.2. The molecule has 8 heteroatoms. The quantitative estimate of drug-likeness (QED) is 0.638. The van der Waals surface area contributed by atoms with Gasteiger partial charge in [-0.15, -0.1) is 0 Å². The molecule has 0 aliphatic carbocycles. The number of nitrogens with zero attached hydrogens (tertiary/aromatic N) is 2. The number of carboxylic acid groups (broad SMARTS) is 1. The highest BCUT2D eigenvalue weighted by Gasteiger charge is 2.27. The summed E-state index contributed by atoms with van der Waals surface area (Å²) in [7, 11) is 0.